The lowest BCUT2D eigenvalue weighted by Crippen LogP contribution is -2.22. The molecule has 1 aliphatic carbocycles. The van der Waals surface area contributed by atoms with Crippen molar-refractivity contribution in [1.29, 1.82) is 0 Å². The van der Waals surface area contributed by atoms with Gasteiger partial charge in [-0.05, 0) is 49.9 Å². The van der Waals surface area contributed by atoms with E-state index in [1.807, 2.05) is 30.3 Å². The first-order valence-electron chi connectivity index (χ1n) is 8.43. The quantitative estimate of drug-likeness (QED) is 0.680. The van der Waals surface area contributed by atoms with Gasteiger partial charge < -0.3 is 0 Å². The predicted octanol–water partition coefficient (Wildman–Crippen LogP) is 4.04. The molecule has 0 atom stereocenters. The lowest BCUT2D eigenvalue weighted by atomic mass is 9.95. The van der Waals surface area contributed by atoms with E-state index in [4.69, 9.17) is 0 Å². The first kappa shape index (κ1) is 14.2. The third-order valence-corrected chi connectivity index (χ3v) is 4.74. The molecule has 0 aliphatic heterocycles. The highest BCUT2D eigenvalue weighted by atomic mass is 16.1. The number of pyridine rings is 2. The summed E-state index contributed by atoms with van der Waals surface area (Å²) in [7, 11) is 0. The largest absolute Gasteiger partial charge is 0.298 e. The van der Waals surface area contributed by atoms with Crippen LogP contribution in [0.5, 0.6) is 0 Å². The fourth-order valence-electron chi connectivity index (χ4n) is 3.63. The average Bonchev–Trinajstić information content (AvgIpc) is 2.57. The van der Waals surface area contributed by atoms with E-state index in [2.05, 4.69) is 21.7 Å². The first-order valence-corrected chi connectivity index (χ1v) is 8.43. The van der Waals surface area contributed by atoms with Gasteiger partial charge >= 0.3 is 0 Å². The highest BCUT2D eigenvalue weighted by Gasteiger charge is 2.19. The maximum absolute atomic E-state index is 13.0. The molecule has 1 aliphatic rings. The summed E-state index contributed by atoms with van der Waals surface area (Å²) in [6, 6.07) is 14.0. The molecule has 1 aromatic carbocycles. The van der Waals surface area contributed by atoms with Gasteiger partial charge in [0.2, 0.25) is 0 Å². The molecule has 0 fully saturated rings. The molecule has 23 heavy (non-hydrogen) atoms. The van der Waals surface area contributed by atoms with Crippen molar-refractivity contribution in [3.63, 3.8) is 0 Å². The lowest BCUT2D eigenvalue weighted by Gasteiger charge is -2.21. The molecule has 0 radical (unpaired) electrons. The van der Waals surface area contributed by atoms with Gasteiger partial charge in [-0.25, -0.2) is 4.98 Å². The minimum absolute atomic E-state index is 0.178. The summed E-state index contributed by atoms with van der Waals surface area (Å²) in [5, 5.41) is 0.732. The van der Waals surface area contributed by atoms with Gasteiger partial charge in [-0.3, -0.25) is 9.36 Å². The summed E-state index contributed by atoms with van der Waals surface area (Å²) in [5.41, 5.74) is 4.20. The van der Waals surface area contributed by atoms with Crippen molar-refractivity contribution >= 4 is 11.0 Å². The van der Waals surface area contributed by atoms with E-state index in [1.165, 1.54) is 12.8 Å². The summed E-state index contributed by atoms with van der Waals surface area (Å²) in [5.74, 6) is 0. The van der Waals surface area contributed by atoms with E-state index in [-0.39, 0.29) is 5.43 Å². The number of nitrogens with zero attached hydrogens (tertiary/aromatic N) is 2. The Hall–Kier alpha value is -2.42. The fourth-order valence-corrected chi connectivity index (χ4v) is 3.63. The molecule has 0 amide bonds. The number of fused-ring (bicyclic) bond motifs is 2. The molecule has 0 bridgehead atoms. The van der Waals surface area contributed by atoms with Gasteiger partial charge in [-0.15, -0.1) is 0 Å². The van der Waals surface area contributed by atoms with E-state index in [1.54, 1.807) is 6.20 Å². The molecule has 0 N–H and O–H groups in total. The molecule has 0 saturated heterocycles. The summed E-state index contributed by atoms with van der Waals surface area (Å²) in [6.45, 7) is 0. The Bertz CT molecular complexity index is 897. The van der Waals surface area contributed by atoms with Gasteiger partial charge in [0.05, 0.1) is 5.39 Å². The smallest absolute Gasteiger partial charge is 0.194 e. The maximum Gasteiger partial charge on any atom is 0.194 e. The van der Waals surface area contributed by atoms with Gasteiger partial charge in [0.1, 0.15) is 5.65 Å². The zero-order valence-corrected chi connectivity index (χ0v) is 13.2. The van der Waals surface area contributed by atoms with Gasteiger partial charge in [-0.2, -0.15) is 0 Å². The van der Waals surface area contributed by atoms with Crippen molar-refractivity contribution in [1.82, 2.24) is 9.55 Å². The number of rotatable bonds is 1. The van der Waals surface area contributed by atoms with Crippen LogP contribution in [0.1, 0.15) is 36.9 Å². The second-order valence-corrected chi connectivity index (χ2v) is 6.21. The minimum atomic E-state index is 0.178. The maximum atomic E-state index is 13.0. The van der Waals surface area contributed by atoms with Crippen LogP contribution < -0.4 is 5.43 Å². The Labute approximate surface area is 135 Å². The van der Waals surface area contributed by atoms with Crippen molar-refractivity contribution in [3.05, 3.63) is 70.1 Å². The highest BCUT2D eigenvalue weighted by molar-refractivity contribution is 5.78. The molecule has 0 saturated carbocycles. The second kappa shape index (κ2) is 5.99. The summed E-state index contributed by atoms with van der Waals surface area (Å²) in [6.07, 6.45) is 8.30. The molecule has 2 aromatic heterocycles. The predicted molar refractivity (Wildman–Crippen MR) is 93.2 cm³/mol. The Kier molecular flexibility index (Phi) is 3.70. The minimum Gasteiger partial charge on any atom is -0.298 e. The molecule has 3 nitrogen and oxygen atoms in total. The molecular weight excluding hydrogens is 284 g/mol. The molecule has 3 aromatic rings. The Morgan fingerprint density at radius 3 is 2.48 bits per heavy atom. The SMILES string of the molecule is O=c1c2c(n(-c3ccccc3)c3ncccc13)CCCCCC2. The molecule has 0 unspecified atom stereocenters. The van der Waals surface area contributed by atoms with Crippen LogP contribution in [-0.2, 0) is 12.8 Å². The van der Waals surface area contributed by atoms with Crippen LogP contribution in [0.25, 0.3) is 16.7 Å². The first-order chi connectivity index (χ1) is 11.4. The molecule has 3 heteroatoms. The van der Waals surface area contributed by atoms with E-state index in [0.29, 0.717) is 0 Å². The van der Waals surface area contributed by atoms with Crippen LogP contribution in [-0.4, -0.2) is 9.55 Å². The number of aromatic nitrogens is 2. The van der Waals surface area contributed by atoms with Gasteiger partial charge in [-0.1, -0.05) is 31.0 Å². The second-order valence-electron chi connectivity index (χ2n) is 6.21. The molecule has 116 valence electrons. The van der Waals surface area contributed by atoms with Crippen molar-refractivity contribution in [2.45, 2.75) is 38.5 Å². The summed E-state index contributed by atoms with van der Waals surface area (Å²) < 4.78 is 2.21. The molecule has 0 spiro atoms. The lowest BCUT2D eigenvalue weighted by molar-refractivity contribution is 0.601. The van der Waals surface area contributed by atoms with Crippen molar-refractivity contribution in [2.24, 2.45) is 0 Å². The fraction of sp³-hybridized carbons (Fsp3) is 0.300. The highest BCUT2D eigenvalue weighted by Crippen LogP contribution is 2.25. The van der Waals surface area contributed by atoms with Crippen LogP contribution in [0.15, 0.2) is 53.5 Å². The molecule has 2 heterocycles. The Morgan fingerprint density at radius 2 is 1.65 bits per heavy atom. The van der Waals surface area contributed by atoms with E-state index in [0.717, 1.165) is 53.7 Å². The van der Waals surface area contributed by atoms with Crippen LogP contribution >= 0.6 is 0 Å². The standard InChI is InChI=1S/C20H20N2O/c23-19-16-11-6-1-2-7-13-18(16)22(15-9-4-3-5-10-15)20-17(19)12-8-14-21-20/h3-5,8-10,12,14H,1-2,6-7,11,13H2. The van der Waals surface area contributed by atoms with Crippen LogP contribution in [0.2, 0.25) is 0 Å². The van der Waals surface area contributed by atoms with Crippen molar-refractivity contribution in [3.8, 4) is 5.69 Å². The normalized spacial score (nSPS) is 15.0. The number of hydrogen-bond acceptors (Lipinski definition) is 2. The van der Waals surface area contributed by atoms with Gasteiger partial charge in [0.25, 0.3) is 0 Å². The number of para-hydroxylation sites is 1. The number of benzene rings is 1. The van der Waals surface area contributed by atoms with E-state index < -0.39 is 0 Å². The van der Waals surface area contributed by atoms with E-state index >= 15 is 0 Å². The molecule has 4 rings (SSSR count). The summed E-state index contributed by atoms with van der Waals surface area (Å²) in [4.78, 5) is 17.5. The van der Waals surface area contributed by atoms with Crippen molar-refractivity contribution in [2.75, 3.05) is 0 Å². The zero-order valence-electron chi connectivity index (χ0n) is 13.2. The third-order valence-electron chi connectivity index (χ3n) is 4.74. The van der Waals surface area contributed by atoms with Crippen LogP contribution in [0.3, 0.4) is 0 Å². The van der Waals surface area contributed by atoms with Gasteiger partial charge in [0, 0.05) is 23.1 Å². The topological polar surface area (TPSA) is 34.9 Å². The summed E-state index contributed by atoms with van der Waals surface area (Å²) >= 11 is 0. The van der Waals surface area contributed by atoms with Crippen LogP contribution in [0.4, 0.5) is 0 Å². The Morgan fingerprint density at radius 1 is 0.870 bits per heavy atom. The zero-order chi connectivity index (χ0) is 15.6. The van der Waals surface area contributed by atoms with Crippen molar-refractivity contribution < 1.29 is 0 Å². The number of hydrogen-bond donors (Lipinski definition) is 0. The third kappa shape index (κ3) is 2.46. The monoisotopic (exact) mass is 304 g/mol. The van der Waals surface area contributed by atoms with E-state index in [9.17, 15) is 4.79 Å². The molecular formula is C20H20N2O. The van der Waals surface area contributed by atoms with Gasteiger partial charge in [0.15, 0.2) is 5.43 Å². The Balaban J connectivity index is 2.11. The average molecular weight is 304 g/mol. The van der Waals surface area contributed by atoms with Crippen LogP contribution in [0, 0.1) is 0 Å².